The van der Waals surface area contributed by atoms with Crippen LogP contribution < -0.4 is 10.6 Å². The van der Waals surface area contributed by atoms with E-state index in [-0.39, 0.29) is 11.5 Å². The van der Waals surface area contributed by atoms with Crippen molar-refractivity contribution in [2.45, 2.75) is 13.3 Å². The minimum absolute atomic E-state index is 0.0920. The highest BCUT2D eigenvalue weighted by Gasteiger charge is 2.15. The maximum absolute atomic E-state index is 10.6. The van der Waals surface area contributed by atoms with E-state index in [1.807, 2.05) is 11.8 Å². The smallest absolute Gasteiger partial charge is 0.311 e. The van der Waals surface area contributed by atoms with Gasteiger partial charge in [0.2, 0.25) is 5.82 Å². The molecule has 1 heterocycles. The summed E-state index contributed by atoms with van der Waals surface area (Å²) >= 11 is 0. The second-order valence-electron chi connectivity index (χ2n) is 3.46. The number of terminal acetylenes is 1. The van der Waals surface area contributed by atoms with Gasteiger partial charge in [-0.3, -0.25) is 10.1 Å². The summed E-state index contributed by atoms with van der Waals surface area (Å²) in [5.74, 6) is 2.99. The summed E-state index contributed by atoms with van der Waals surface area (Å²) in [6.07, 6.45) is 6.16. The van der Waals surface area contributed by atoms with Crippen LogP contribution in [0.25, 0.3) is 0 Å². The molecule has 6 nitrogen and oxygen atoms in total. The quantitative estimate of drug-likeness (QED) is 0.473. The third-order valence-electron chi connectivity index (χ3n) is 2.18. The Morgan fingerprint density at radius 1 is 1.65 bits per heavy atom. The third kappa shape index (κ3) is 3.08. The van der Waals surface area contributed by atoms with Crippen LogP contribution in [0.3, 0.4) is 0 Å². The number of pyridine rings is 1. The maximum atomic E-state index is 10.6. The van der Waals surface area contributed by atoms with Crippen LogP contribution in [0.5, 0.6) is 0 Å². The zero-order chi connectivity index (χ0) is 12.8. The Bertz CT molecular complexity index is 453. The topological polar surface area (TPSA) is 85.3 Å². The van der Waals surface area contributed by atoms with Gasteiger partial charge >= 0.3 is 5.69 Å². The number of nitro groups is 1. The van der Waals surface area contributed by atoms with Gasteiger partial charge in [0.1, 0.15) is 5.82 Å². The van der Waals surface area contributed by atoms with E-state index in [4.69, 9.17) is 12.2 Å². The molecule has 0 spiro atoms. The van der Waals surface area contributed by atoms with Crippen molar-refractivity contribution in [3.05, 3.63) is 22.2 Å². The molecule has 2 N–H and O–H groups in total. The maximum Gasteiger partial charge on any atom is 0.311 e. The Morgan fingerprint density at radius 3 is 2.82 bits per heavy atom. The molecule has 0 aliphatic rings. The fourth-order valence-corrected chi connectivity index (χ4v) is 1.44. The van der Waals surface area contributed by atoms with Gasteiger partial charge in [-0.2, -0.15) is 0 Å². The summed E-state index contributed by atoms with van der Waals surface area (Å²) in [4.78, 5) is 15.9. The Hall–Kier alpha value is -2.29. The standard InChI is InChI=1S/C11H14N4O2/c1-3-7-14(8-4-2)10-6-5-9(15(16)17)11(12)13-10/h1,5-6H,4,7-8H2,2H3,(H2,12,13). The summed E-state index contributed by atoms with van der Waals surface area (Å²) in [6.45, 7) is 3.14. The van der Waals surface area contributed by atoms with E-state index in [9.17, 15) is 10.1 Å². The van der Waals surface area contributed by atoms with Gasteiger partial charge in [-0.25, -0.2) is 4.98 Å². The molecule has 0 aliphatic heterocycles. The second-order valence-corrected chi connectivity index (χ2v) is 3.46. The van der Waals surface area contributed by atoms with E-state index in [2.05, 4.69) is 10.9 Å². The molecular formula is C11H14N4O2. The molecule has 0 amide bonds. The van der Waals surface area contributed by atoms with Crippen molar-refractivity contribution < 1.29 is 4.92 Å². The van der Waals surface area contributed by atoms with Crippen molar-refractivity contribution in [1.29, 1.82) is 0 Å². The first-order chi connectivity index (χ1) is 8.10. The lowest BCUT2D eigenvalue weighted by Crippen LogP contribution is -2.25. The van der Waals surface area contributed by atoms with E-state index >= 15 is 0 Å². The predicted molar refractivity (Wildman–Crippen MR) is 66.6 cm³/mol. The van der Waals surface area contributed by atoms with Crippen LogP contribution in [0.1, 0.15) is 13.3 Å². The molecule has 0 saturated heterocycles. The third-order valence-corrected chi connectivity index (χ3v) is 2.18. The number of nitrogen functional groups attached to an aromatic ring is 1. The van der Waals surface area contributed by atoms with Crippen molar-refractivity contribution >= 4 is 17.3 Å². The largest absolute Gasteiger partial charge is 0.378 e. The second kappa shape index (κ2) is 5.70. The van der Waals surface area contributed by atoms with Crippen molar-refractivity contribution in [3.8, 4) is 12.3 Å². The Morgan fingerprint density at radius 2 is 2.35 bits per heavy atom. The highest BCUT2D eigenvalue weighted by molar-refractivity contribution is 5.58. The van der Waals surface area contributed by atoms with Gasteiger partial charge in [0.05, 0.1) is 11.5 Å². The first-order valence-corrected chi connectivity index (χ1v) is 5.19. The zero-order valence-electron chi connectivity index (χ0n) is 9.59. The molecule has 1 aromatic rings. The van der Waals surface area contributed by atoms with E-state index in [1.54, 1.807) is 6.07 Å². The molecule has 17 heavy (non-hydrogen) atoms. The molecule has 0 aromatic carbocycles. The lowest BCUT2D eigenvalue weighted by molar-refractivity contribution is -0.384. The Balaban J connectivity index is 3.02. The number of nitrogens with two attached hydrogens (primary N) is 1. The fraction of sp³-hybridized carbons (Fsp3) is 0.364. The first-order valence-electron chi connectivity index (χ1n) is 5.19. The van der Waals surface area contributed by atoms with Gasteiger partial charge in [-0.05, 0) is 12.5 Å². The number of rotatable bonds is 5. The fourth-order valence-electron chi connectivity index (χ4n) is 1.44. The predicted octanol–water partition coefficient (Wildman–Crippen LogP) is 1.42. The molecular weight excluding hydrogens is 220 g/mol. The number of hydrogen-bond acceptors (Lipinski definition) is 5. The van der Waals surface area contributed by atoms with E-state index in [1.165, 1.54) is 6.07 Å². The number of aromatic nitrogens is 1. The minimum Gasteiger partial charge on any atom is -0.378 e. The molecule has 0 radical (unpaired) electrons. The van der Waals surface area contributed by atoms with Gasteiger partial charge in [-0.1, -0.05) is 12.8 Å². The summed E-state index contributed by atoms with van der Waals surface area (Å²) in [5, 5.41) is 10.6. The molecule has 0 bridgehead atoms. The van der Waals surface area contributed by atoms with Gasteiger partial charge in [0, 0.05) is 12.6 Å². The zero-order valence-corrected chi connectivity index (χ0v) is 9.59. The average Bonchev–Trinajstić information content (AvgIpc) is 2.28. The summed E-state index contributed by atoms with van der Waals surface area (Å²) in [6, 6.07) is 2.90. The molecule has 0 unspecified atom stereocenters. The number of hydrogen-bond donors (Lipinski definition) is 1. The molecule has 0 fully saturated rings. The van der Waals surface area contributed by atoms with Gasteiger partial charge in [0.15, 0.2) is 0 Å². The molecule has 1 aromatic heterocycles. The SMILES string of the molecule is C#CCN(CCC)c1ccc([N+](=O)[O-])c(N)n1. The average molecular weight is 234 g/mol. The van der Waals surface area contributed by atoms with Gasteiger partial charge in [-0.15, -0.1) is 6.42 Å². The summed E-state index contributed by atoms with van der Waals surface area (Å²) in [5.41, 5.74) is 5.33. The van der Waals surface area contributed by atoms with Crippen LogP contribution in [0.2, 0.25) is 0 Å². The molecule has 1 rings (SSSR count). The van der Waals surface area contributed by atoms with Crippen LogP contribution in [0, 0.1) is 22.5 Å². The van der Waals surface area contributed by atoms with Crippen LogP contribution >= 0.6 is 0 Å². The Kier molecular flexibility index (Phi) is 4.29. The molecule has 0 saturated carbocycles. The minimum atomic E-state index is -0.558. The lowest BCUT2D eigenvalue weighted by atomic mass is 10.3. The summed E-state index contributed by atoms with van der Waals surface area (Å²) in [7, 11) is 0. The molecule has 6 heteroatoms. The molecule has 90 valence electrons. The Labute approximate surface area is 99.6 Å². The van der Waals surface area contributed by atoms with Crippen molar-refractivity contribution in [3.63, 3.8) is 0 Å². The van der Waals surface area contributed by atoms with Crippen LogP contribution in [0.15, 0.2) is 12.1 Å². The summed E-state index contributed by atoms with van der Waals surface area (Å²) < 4.78 is 0. The highest BCUT2D eigenvalue weighted by atomic mass is 16.6. The highest BCUT2D eigenvalue weighted by Crippen LogP contribution is 2.22. The first kappa shape index (κ1) is 12.8. The molecule has 0 atom stereocenters. The van der Waals surface area contributed by atoms with E-state index in [0.29, 0.717) is 12.4 Å². The van der Waals surface area contributed by atoms with Gasteiger partial charge < -0.3 is 10.6 Å². The van der Waals surface area contributed by atoms with Crippen molar-refractivity contribution in [2.24, 2.45) is 0 Å². The number of anilines is 2. The number of nitrogens with zero attached hydrogens (tertiary/aromatic N) is 3. The van der Waals surface area contributed by atoms with Crippen LogP contribution in [0.4, 0.5) is 17.3 Å². The molecule has 0 aliphatic carbocycles. The normalized spacial score (nSPS) is 9.65. The monoisotopic (exact) mass is 234 g/mol. The van der Waals surface area contributed by atoms with Crippen molar-refractivity contribution in [2.75, 3.05) is 23.7 Å². The lowest BCUT2D eigenvalue weighted by Gasteiger charge is -2.20. The van der Waals surface area contributed by atoms with Gasteiger partial charge in [0.25, 0.3) is 0 Å². The van der Waals surface area contributed by atoms with Crippen molar-refractivity contribution in [1.82, 2.24) is 4.98 Å². The van der Waals surface area contributed by atoms with E-state index in [0.717, 1.165) is 13.0 Å². The van der Waals surface area contributed by atoms with Crippen LogP contribution in [-0.2, 0) is 0 Å². The van der Waals surface area contributed by atoms with E-state index < -0.39 is 4.92 Å². The van der Waals surface area contributed by atoms with Crippen LogP contribution in [-0.4, -0.2) is 23.0 Å².